The molecule has 0 fully saturated rings. The van der Waals surface area contributed by atoms with Crippen LogP contribution >= 0.6 is 0 Å². The van der Waals surface area contributed by atoms with Crippen molar-refractivity contribution >= 4 is 11.7 Å². The lowest BCUT2D eigenvalue weighted by Gasteiger charge is -2.11. The molecule has 0 atom stereocenters. The van der Waals surface area contributed by atoms with Crippen molar-refractivity contribution in [1.29, 1.82) is 0 Å². The fourth-order valence-electron chi connectivity index (χ4n) is 2.14. The zero-order chi connectivity index (χ0) is 15.9. The van der Waals surface area contributed by atoms with Crippen molar-refractivity contribution in [3.05, 3.63) is 59.2 Å². The molecule has 2 rings (SSSR count). The SMILES string of the molecule is CCc1ccc(NC(=O)NCOc2ccc(C)cc2C)cc1. The van der Waals surface area contributed by atoms with E-state index in [0.717, 1.165) is 23.4 Å². The van der Waals surface area contributed by atoms with E-state index in [2.05, 4.69) is 17.6 Å². The summed E-state index contributed by atoms with van der Waals surface area (Å²) in [5.74, 6) is 0.776. The number of benzene rings is 2. The minimum atomic E-state index is -0.283. The number of aryl methyl sites for hydroxylation is 3. The summed E-state index contributed by atoms with van der Waals surface area (Å²) < 4.78 is 5.56. The lowest BCUT2D eigenvalue weighted by molar-refractivity contribution is 0.234. The largest absolute Gasteiger partial charge is 0.473 e. The topological polar surface area (TPSA) is 50.4 Å². The molecular formula is C18H22N2O2. The quantitative estimate of drug-likeness (QED) is 0.819. The summed E-state index contributed by atoms with van der Waals surface area (Å²) in [4.78, 5) is 11.8. The van der Waals surface area contributed by atoms with Gasteiger partial charge >= 0.3 is 6.03 Å². The van der Waals surface area contributed by atoms with Gasteiger partial charge in [0.05, 0.1) is 0 Å². The third kappa shape index (κ3) is 4.52. The van der Waals surface area contributed by atoms with Gasteiger partial charge in [-0.05, 0) is 49.6 Å². The number of carbonyl (C=O) groups is 1. The Morgan fingerprint density at radius 1 is 1.09 bits per heavy atom. The van der Waals surface area contributed by atoms with Gasteiger partial charge in [-0.1, -0.05) is 36.8 Å². The van der Waals surface area contributed by atoms with Crippen molar-refractivity contribution in [2.24, 2.45) is 0 Å². The maximum Gasteiger partial charge on any atom is 0.321 e. The van der Waals surface area contributed by atoms with Crippen molar-refractivity contribution in [3.8, 4) is 5.75 Å². The number of hydrogen-bond acceptors (Lipinski definition) is 2. The Morgan fingerprint density at radius 2 is 1.82 bits per heavy atom. The summed E-state index contributed by atoms with van der Waals surface area (Å²) in [5.41, 5.74) is 4.24. The van der Waals surface area contributed by atoms with Crippen LogP contribution in [0.15, 0.2) is 42.5 Å². The molecular weight excluding hydrogens is 276 g/mol. The average Bonchev–Trinajstić information content (AvgIpc) is 2.50. The summed E-state index contributed by atoms with van der Waals surface area (Å²) in [7, 11) is 0. The molecule has 2 amide bonds. The molecule has 4 nitrogen and oxygen atoms in total. The number of urea groups is 1. The Kier molecular flexibility index (Phi) is 5.42. The molecule has 0 aliphatic heterocycles. The number of nitrogens with one attached hydrogen (secondary N) is 2. The molecule has 4 heteroatoms. The van der Waals surface area contributed by atoms with E-state index >= 15 is 0 Å². The first-order chi connectivity index (χ1) is 10.6. The van der Waals surface area contributed by atoms with Gasteiger partial charge in [-0.15, -0.1) is 0 Å². The van der Waals surface area contributed by atoms with E-state index in [-0.39, 0.29) is 12.8 Å². The first kappa shape index (κ1) is 15.9. The highest BCUT2D eigenvalue weighted by Crippen LogP contribution is 2.18. The number of rotatable bonds is 5. The third-order valence-electron chi connectivity index (χ3n) is 3.41. The number of anilines is 1. The Balaban J connectivity index is 1.79. The van der Waals surface area contributed by atoms with Crippen LogP contribution < -0.4 is 15.4 Å². The summed E-state index contributed by atoms with van der Waals surface area (Å²) >= 11 is 0. The van der Waals surface area contributed by atoms with Crippen LogP contribution in [-0.2, 0) is 6.42 Å². The number of ether oxygens (including phenoxy) is 1. The van der Waals surface area contributed by atoms with Crippen LogP contribution in [0.1, 0.15) is 23.6 Å². The van der Waals surface area contributed by atoms with Crippen molar-refractivity contribution in [1.82, 2.24) is 5.32 Å². The Bertz CT molecular complexity index is 636. The van der Waals surface area contributed by atoms with Gasteiger partial charge in [0.25, 0.3) is 0 Å². The second-order valence-corrected chi connectivity index (χ2v) is 5.24. The minimum absolute atomic E-state index is 0.128. The monoisotopic (exact) mass is 298 g/mol. The standard InChI is InChI=1S/C18H22N2O2/c1-4-15-6-8-16(9-7-15)20-18(21)19-12-22-17-10-5-13(2)11-14(17)3/h5-11H,4,12H2,1-3H3,(H2,19,20,21). The van der Waals surface area contributed by atoms with Gasteiger partial charge in [-0.25, -0.2) is 4.79 Å². The van der Waals surface area contributed by atoms with E-state index in [4.69, 9.17) is 4.74 Å². The van der Waals surface area contributed by atoms with Gasteiger partial charge in [0.15, 0.2) is 6.73 Å². The molecule has 2 aromatic carbocycles. The summed E-state index contributed by atoms with van der Waals surface area (Å²) in [6.45, 7) is 6.24. The van der Waals surface area contributed by atoms with Gasteiger partial charge in [0.1, 0.15) is 5.75 Å². The molecule has 0 aliphatic carbocycles. The zero-order valence-corrected chi connectivity index (χ0v) is 13.3. The highest BCUT2D eigenvalue weighted by atomic mass is 16.5. The first-order valence-corrected chi connectivity index (χ1v) is 7.42. The molecule has 2 N–H and O–H groups in total. The van der Waals surface area contributed by atoms with E-state index in [1.807, 2.05) is 56.3 Å². The molecule has 0 aromatic heterocycles. The molecule has 116 valence electrons. The molecule has 0 bridgehead atoms. The normalized spacial score (nSPS) is 10.1. The Labute approximate surface area is 131 Å². The van der Waals surface area contributed by atoms with Crippen molar-refractivity contribution in [2.45, 2.75) is 27.2 Å². The van der Waals surface area contributed by atoms with E-state index < -0.39 is 0 Å². The van der Waals surface area contributed by atoms with E-state index in [1.54, 1.807) is 0 Å². The molecule has 0 saturated carbocycles. The molecule has 0 unspecified atom stereocenters. The zero-order valence-electron chi connectivity index (χ0n) is 13.3. The number of carbonyl (C=O) groups excluding carboxylic acids is 1. The van der Waals surface area contributed by atoms with Crippen molar-refractivity contribution in [3.63, 3.8) is 0 Å². The highest BCUT2D eigenvalue weighted by molar-refractivity contribution is 5.89. The predicted octanol–water partition coefficient (Wildman–Crippen LogP) is 4.02. The summed E-state index contributed by atoms with van der Waals surface area (Å²) in [6.07, 6.45) is 0.982. The molecule has 0 aliphatic rings. The fourth-order valence-corrected chi connectivity index (χ4v) is 2.14. The molecule has 2 aromatic rings. The Hall–Kier alpha value is -2.49. The number of amides is 2. The van der Waals surface area contributed by atoms with Gasteiger partial charge in [0, 0.05) is 5.69 Å². The maximum atomic E-state index is 11.8. The van der Waals surface area contributed by atoms with Gasteiger partial charge in [0.2, 0.25) is 0 Å². The summed E-state index contributed by atoms with van der Waals surface area (Å²) in [6, 6.07) is 13.4. The van der Waals surface area contributed by atoms with Crippen molar-refractivity contribution in [2.75, 3.05) is 12.0 Å². The molecule has 0 spiro atoms. The van der Waals surface area contributed by atoms with Crippen molar-refractivity contribution < 1.29 is 9.53 Å². The fraction of sp³-hybridized carbons (Fsp3) is 0.278. The summed E-state index contributed by atoms with van der Waals surface area (Å²) in [5, 5.41) is 5.45. The number of hydrogen-bond donors (Lipinski definition) is 2. The van der Waals surface area contributed by atoms with E-state index in [9.17, 15) is 4.79 Å². The molecule has 22 heavy (non-hydrogen) atoms. The van der Waals surface area contributed by atoms with Crippen LogP contribution in [0.25, 0.3) is 0 Å². The predicted molar refractivity (Wildman–Crippen MR) is 89.4 cm³/mol. The van der Waals surface area contributed by atoms with E-state index in [1.165, 1.54) is 11.1 Å². The van der Waals surface area contributed by atoms with Gasteiger partial charge < -0.3 is 15.4 Å². The highest BCUT2D eigenvalue weighted by Gasteiger charge is 2.03. The van der Waals surface area contributed by atoms with Crippen LogP contribution in [0.4, 0.5) is 10.5 Å². The lowest BCUT2D eigenvalue weighted by Crippen LogP contribution is -2.32. The second kappa shape index (κ2) is 7.50. The van der Waals surface area contributed by atoms with Crippen LogP contribution in [0, 0.1) is 13.8 Å². The third-order valence-corrected chi connectivity index (χ3v) is 3.41. The molecule has 0 heterocycles. The van der Waals surface area contributed by atoms with Gasteiger partial charge in [-0.3, -0.25) is 0 Å². The minimum Gasteiger partial charge on any atom is -0.473 e. The van der Waals surface area contributed by atoms with Gasteiger partial charge in [-0.2, -0.15) is 0 Å². The van der Waals surface area contributed by atoms with Crippen LogP contribution in [-0.4, -0.2) is 12.8 Å². The average molecular weight is 298 g/mol. The Morgan fingerprint density at radius 3 is 2.45 bits per heavy atom. The molecule has 0 radical (unpaired) electrons. The second-order valence-electron chi connectivity index (χ2n) is 5.24. The van der Waals surface area contributed by atoms with Crippen LogP contribution in [0.3, 0.4) is 0 Å². The lowest BCUT2D eigenvalue weighted by atomic mass is 10.1. The first-order valence-electron chi connectivity index (χ1n) is 7.42. The smallest absolute Gasteiger partial charge is 0.321 e. The maximum absolute atomic E-state index is 11.8. The molecule has 0 saturated heterocycles. The van der Waals surface area contributed by atoms with E-state index in [0.29, 0.717) is 0 Å². The van der Waals surface area contributed by atoms with Crippen LogP contribution in [0.5, 0.6) is 5.75 Å². The van der Waals surface area contributed by atoms with Crippen LogP contribution in [0.2, 0.25) is 0 Å².